The monoisotopic (exact) mass is 282 g/mol. The molecule has 1 heterocycles. The van der Waals surface area contributed by atoms with Crippen LogP contribution in [-0.2, 0) is 9.53 Å². The van der Waals surface area contributed by atoms with E-state index < -0.39 is 10.7 Å². The molecular weight excluding hydrogens is 267 g/mol. The van der Waals surface area contributed by atoms with Crippen LogP contribution >= 0.6 is 0 Å². The summed E-state index contributed by atoms with van der Waals surface area (Å²) in [6.07, 6.45) is 1.14. The summed E-state index contributed by atoms with van der Waals surface area (Å²) >= 11 is 0. The topological polar surface area (TPSA) is 72.7 Å². The number of nitro groups is 1. The number of benzene rings is 1. The summed E-state index contributed by atoms with van der Waals surface area (Å²) in [6, 6.07) is 3.53. The molecule has 20 heavy (non-hydrogen) atoms. The van der Waals surface area contributed by atoms with Crippen LogP contribution in [0, 0.1) is 21.8 Å². The molecule has 108 valence electrons. The second-order valence-electron chi connectivity index (χ2n) is 4.67. The average Bonchev–Trinajstić information content (AvgIpc) is 2.46. The highest BCUT2D eigenvalue weighted by molar-refractivity contribution is 5.73. The van der Waals surface area contributed by atoms with Crippen molar-refractivity contribution >= 4 is 17.3 Å². The lowest BCUT2D eigenvalue weighted by molar-refractivity contribution is -0.384. The van der Waals surface area contributed by atoms with Crippen LogP contribution < -0.4 is 4.90 Å². The van der Waals surface area contributed by atoms with Gasteiger partial charge in [0.2, 0.25) is 0 Å². The molecule has 0 saturated carbocycles. The summed E-state index contributed by atoms with van der Waals surface area (Å²) < 4.78 is 17.8. The molecule has 0 atom stereocenters. The highest BCUT2D eigenvalue weighted by Crippen LogP contribution is 2.32. The molecule has 0 N–H and O–H groups in total. The van der Waals surface area contributed by atoms with E-state index in [1.54, 1.807) is 4.90 Å². The van der Waals surface area contributed by atoms with E-state index in [-0.39, 0.29) is 17.6 Å². The molecule has 1 aliphatic rings. The van der Waals surface area contributed by atoms with Gasteiger partial charge in [-0.05, 0) is 25.0 Å². The minimum atomic E-state index is -0.634. The number of nitro benzene ring substituents is 1. The van der Waals surface area contributed by atoms with Crippen LogP contribution in [0.5, 0.6) is 0 Å². The number of ether oxygens (including phenoxy) is 1. The summed E-state index contributed by atoms with van der Waals surface area (Å²) in [4.78, 5) is 23.6. The molecule has 0 amide bonds. The van der Waals surface area contributed by atoms with Crippen molar-refractivity contribution in [2.24, 2.45) is 5.92 Å². The molecule has 1 aromatic rings. The number of rotatable bonds is 3. The number of halogens is 1. The van der Waals surface area contributed by atoms with Crippen molar-refractivity contribution in [2.45, 2.75) is 12.8 Å². The molecule has 0 spiro atoms. The van der Waals surface area contributed by atoms with Gasteiger partial charge in [0.25, 0.3) is 5.69 Å². The molecule has 1 aliphatic heterocycles. The lowest BCUT2D eigenvalue weighted by atomic mass is 9.96. The van der Waals surface area contributed by atoms with Crippen LogP contribution in [0.2, 0.25) is 0 Å². The summed E-state index contributed by atoms with van der Waals surface area (Å²) in [5.41, 5.74) is 0.140. The van der Waals surface area contributed by atoms with E-state index in [1.165, 1.54) is 19.2 Å². The number of carbonyl (C=O) groups excluding carboxylic acids is 1. The van der Waals surface area contributed by atoms with Gasteiger partial charge < -0.3 is 9.64 Å². The molecule has 0 aliphatic carbocycles. The lowest BCUT2D eigenvalue weighted by Gasteiger charge is -2.32. The Hall–Kier alpha value is -2.18. The third-order valence-corrected chi connectivity index (χ3v) is 3.50. The van der Waals surface area contributed by atoms with Gasteiger partial charge in [0.05, 0.1) is 24.0 Å². The second kappa shape index (κ2) is 5.85. The number of esters is 1. The Morgan fingerprint density at radius 3 is 2.65 bits per heavy atom. The predicted molar refractivity (Wildman–Crippen MR) is 70.0 cm³/mol. The van der Waals surface area contributed by atoms with Gasteiger partial charge in [-0.2, -0.15) is 0 Å². The minimum Gasteiger partial charge on any atom is -0.469 e. The number of hydrogen-bond acceptors (Lipinski definition) is 5. The third kappa shape index (κ3) is 2.87. The smallest absolute Gasteiger partial charge is 0.308 e. The molecule has 2 rings (SSSR count). The first kappa shape index (κ1) is 14.2. The van der Waals surface area contributed by atoms with E-state index in [1.807, 2.05) is 0 Å². The Morgan fingerprint density at radius 2 is 2.10 bits per heavy atom. The maximum atomic E-state index is 13.1. The van der Waals surface area contributed by atoms with Crippen LogP contribution in [0.3, 0.4) is 0 Å². The van der Waals surface area contributed by atoms with Gasteiger partial charge in [0.1, 0.15) is 11.5 Å². The van der Waals surface area contributed by atoms with Crippen molar-refractivity contribution < 1.29 is 18.8 Å². The average molecular weight is 282 g/mol. The molecular formula is C13H15FN2O4. The molecule has 7 heteroatoms. The van der Waals surface area contributed by atoms with Gasteiger partial charge in [-0.1, -0.05) is 0 Å². The van der Waals surface area contributed by atoms with E-state index >= 15 is 0 Å². The van der Waals surface area contributed by atoms with Crippen molar-refractivity contribution in [1.82, 2.24) is 0 Å². The van der Waals surface area contributed by atoms with Gasteiger partial charge in [-0.3, -0.25) is 14.9 Å². The minimum absolute atomic E-state index is 0.171. The highest BCUT2D eigenvalue weighted by atomic mass is 19.1. The zero-order chi connectivity index (χ0) is 14.7. The van der Waals surface area contributed by atoms with Crippen LogP contribution in [0.4, 0.5) is 15.8 Å². The quantitative estimate of drug-likeness (QED) is 0.482. The van der Waals surface area contributed by atoms with E-state index in [2.05, 4.69) is 0 Å². The molecule has 0 bridgehead atoms. The summed E-state index contributed by atoms with van der Waals surface area (Å²) in [5, 5.41) is 11.0. The van der Waals surface area contributed by atoms with Crippen LogP contribution in [0.1, 0.15) is 12.8 Å². The molecule has 0 aromatic heterocycles. The Bertz CT molecular complexity index is 527. The zero-order valence-electron chi connectivity index (χ0n) is 11.0. The number of hydrogen-bond donors (Lipinski definition) is 0. The van der Waals surface area contributed by atoms with Gasteiger partial charge in [-0.25, -0.2) is 4.39 Å². The Kier molecular flexibility index (Phi) is 4.16. The normalized spacial score (nSPS) is 16.0. The van der Waals surface area contributed by atoms with E-state index in [4.69, 9.17) is 4.74 Å². The van der Waals surface area contributed by atoms with Crippen molar-refractivity contribution in [3.8, 4) is 0 Å². The number of carbonyl (C=O) groups is 1. The van der Waals surface area contributed by atoms with Gasteiger partial charge in [0.15, 0.2) is 0 Å². The SMILES string of the molecule is COC(=O)C1CCN(c2ccc(F)cc2[N+](=O)[O-])CC1. The van der Waals surface area contributed by atoms with Crippen LogP contribution in [0.25, 0.3) is 0 Å². The number of nitrogens with zero attached hydrogens (tertiary/aromatic N) is 2. The number of anilines is 1. The largest absolute Gasteiger partial charge is 0.469 e. The van der Waals surface area contributed by atoms with Crippen molar-refractivity contribution in [3.63, 3.8) is 0 Å². The molecule has 1 saturated heterocycles. The van der Waals surface area contributed by atoms with Crippen LogP contribution in [-0.4, -0.2) is 31.1 Å². The molecule has 0 unspecified atom stereocenters. The lowest BCUT2D eigenvalue weighted by Crippen LogP contribution is -2.37. The maximum Gasteiger partial charge on any atom is 0.308 e. The molecule has 6 nitrogen and oxygen atoms in total. The van der Waals surface area contributed by atoms with Gasteiger partial charge in [-0.15, -0.1) is 0 Å². The first-order valence-corrected chi connectivity index (χ1v) is 6.29. The fourth-order valence-corrected chi connectivity index (χ4v) is 2.43. The van der Waals surface area contributed by atoms with E-state index in [9.17, 15) is 19.3 Å². The first-order valence-electron chi connectivity index (χ1n) is 6.29. The van der Waals surface area contributed by atoms with E-state index in [0.717, 1.165) is 6.07 Å². The third-order valence-electron chi connectivity index (χ3n) is 3.50. The summed E-state index contributed by atoms with van der Waals surface area (Å²) in [5.74, 6) is -1.06. The Labute approximate surface area is 115 Å². The van der Waals surface area contributed by atoms with Gasteiger partial charge in [0, 0.05) is 13.1 Å². The van der Waals surface area contributed by atoms with E-state index in [0.29, 0.717) is 31.6 Å². The summed E-state index contributed by atoms with van der Waals surface area (Å²) in [6.45, 7) is 1.01. The second-order valence-corrected chi connectivity index (χ2v) is 4.67. The number of piperidine rings is 1. The maximum absolute atomic E-state index is 13.1. The van der Waals surface area contributed by atoms with Crippen molar-refractivity contribution in [3.05, 3.63) is 34.1 Å². The predicted octanol–water partition coefficient (Wildman–Crippen LogP) is 2.12. The highest BCUT2D eigenvalue weighted by Gasteiger charge is 2.28. The standard InChI is InChI=1S/C13H15FN2O4/c1-20-13(17)9-4-6-15(7-5-9)11-3-2-10(14)8-12(11)16(18)19/h2-3,8-9H,4-7H2,1H3. The van der Waals surface area contributed by atoms with Crippen LogP contribution in [0.15, 0.2) is 18.2 Å². The zero-order valence-corrected chi connectivity index (χ0v) is 11.0. The Balaban J connectivity index is 2.15. The molecule has 1 aromatic carbocycles. The van der Waals surface area contributed by atoms with Crippen molar-refractivity contribution in [2.75, 3.05) is 25.1 Å². The fourth-order valence-electron chi connectivity index (χ4n) is 2.43. The Morgan fingerprint density at radius 1 is 1.45 bits per heavy atom. The summed E-state index contributed by atoms with van der Waals surface area (Å²) in [7, 11) is 1.35. The van der Waals surface area contributed by atoms with Crippen molar-refractivity contribution in [1.29, 1.82) is 0 Å². The fraction of sp³-hybridized carbons (Fsp3) is 0.462. The first-order chi connectivity index (χ1) is 9.52. The molecule has 1 fully saturated rings. The molecule has 0 radical (unpaired) electrons. The number of methoxy groups -OCH3 is 1. The van der Waals surface area contributed by atoms with Gasteiger partial charge >= 0.3 is 5.97 Å².